The van der Waals surface area contributed by atoms with Gasteiger partial charge in [0.25, 0.3) is 0 Å². The van der Waals surface area contributed by atoms with Gasteiger partial charge in [-0.15, -0.1) is 0 Å². The lowest BCUT2D eigenvalue weighted by Crippen LogP contribution is -2.41. The van der Waals surface area contributed by atoms with Crippen molar-refractivity contribution < 1.29 is 0 Å². The van der Waals surface area contributed by atoms with E-state index in [1.165, 1.54) is 6.33 Å². The number of hydrazine groups is 2. The van der Waals surface area contributed by atoms with Crippen LogP contribution in [0.15, 0.2) is 18.7 Å². The van der Waals surface area contributed by atoms with Crippen LogP contribution in [0.2, 0.25) is 0 Å². The highest BCUT2D eigenvalue weighted by atomic mass is 15.6. The van der Waals surface area contributed by atoms with Crippen molar-refractivity contribution >= 4 is 0 Å². The van der Waals surface area contributed by atoms with Crippen LogP contribution in [0.5, 0.6) is 0 Å². The molecule has 2 rings (SSSR count). The second-order valence-corrected chi connectivity index (χ2v) is 3.19. The minimum absolute atomic E-state index is 0.207. The molecule has 0 spiro atoms. The van der Waals surface area contributed by atoms with Crippen LogP contribution in [0.25, 0.3) is 0 Å². The van der Waals surface area contributed by atoms with E-state index < -0.39 is 0 Å². The molecule has 1 fully saturated rings. The Balaban J connectivity index is 2.12. The van der Waals surface area contributed by atoms with Crippen molar-refractivity contribution in [1.82, 2.24) is 31.7 Å². The van der Waals surface area contributed by atoms with Gasteiger partial charge in [0, 0.05) is 24.5 Å². The van der Waals surface area contributed by atoms with Crippen LogP contribution in [-0.4, -0.2) is 29.6 Å². The zero-order valence-electron chi connectivity index (χ0n) is 7.99. The van der Waals surface area contributed by atoms with E-state index in [-0.39, 0.29) is 6.04 Å². The van der Waals surface area contributed by atoms with E-state index in [2.05, 4.69) is 31.7 Å². The molecule has 6 nitrogen and oxygen atoms in total. The molecule has 2 heterocycles. The molecule has 0 aromatic carbocycles. The van der Waals surface area contributed by atoms with E-state index in [0.29, 0.717) is 6.04 Å². The first kappa shape index (κ1) is 9.47. The van der Waals surface area contributed by atoms with Gasteiger partial charge < -0.3 is 5.32 Å². The normalized spacial score (nSPS) is 23.6. The molecule has 76 valence electrons. The molecule has 2 atom stereocenters. The van der Waals surface area contributed by atoms with Crippen LogP contribution in [0.3, 0.4) is 0 Å². The quantitative estimate of drug-likeness (QED) is 0.480. The van der Waals surface area contributed by atoms with Crippen LogP contribution in [-0.2, 0) is 0 Å². The van der Waals surface area contributed by atoms with E-state index in [1.54, 1.807) is 0 Å². The lowest BCUT2D eigenvalue weighted by atomic mass is 10.0. The van der Waals surface area contributed by atoms with Gasteiger partial charge in [-0.25, -0.2) is 20.8 Å². The van der Waals surface area contributed by atoms with Crippen LogP contribution in [0.4, 0.5) is 0 Å². The predicted molar refractivity (Wildman–Crippen MR) is 51.9 cm³/mol. The first-order valence-corrected chi connectivity index (χ1v) is 4.57. The molecule has 1 aliphatic heterocycles. The van der Waals surface area contributed by atoms with Gasteiger partial charge in [0.05, 0.1) is 12.1 Å². The van der Waals surface area contributed by atoms with Crippen molar-refractivity contribution in [2.24, 2.45) is 0 Å². The van der Waals surface area contributed by atoms with Crippen molar-refractivity contribution in [2.45, 2.75) is 12.1 Å². The Morgan fingerprint density at radius 2 is 2.29 bits per heavy atom. The summed E-state index contributed by atoms with van der Waals surface area (Å²) in [5.74, 6) is 0. The Bertz CT molecular complexity index is 270. The smallest absolute Gasteiger partial charge is 0.115 e. The molecule has 0 aliphatic carbocycles. The number of nitrogens with one attached hydrogen (secondary N) is 4. The fraction of sp³-hybridized carbons (Fsp3) is 0.500. The molecule has 0 saturated carbocycles. The number of aromatic nitrogens is 2. The van der Waals surface area contributed by atoms with Gasteiger partial charge >= 0.3 is 0 Å². The Morgan fingerprint density at radius 1 is 1.50 bits per heavy atom. The molecule has 2 unspecified atom stereocenters. The van der Waals surface area contributed by atoms with Gasteiger partial charge in [0.15, 0.2) is 0 Å². The molecular weight excluding hydrogens is 180 g/mol. The van der Waals surface area contributed by atoms with E-state index in [1.807, 2.05) is 19.4 Å². The molecule has 4 N–H and O–H groups in total. The van der Waals surface area contributed by atoms with Crippen LogP contribution >= 0.6 is 0 Å². The molecule has 0 amide bonds. The van der Waals surface area contributed by atoms with Crippen molar-refractivity contribution in [2.75, 3.05) is 13.6 Å². The largest absolute Gasteiger partial charge is 0.312 e. The highest BCUT2D eigenvalue weighted by molar-refractivity contribution is 5.12. The highest BCUT2D eigenvalue weighted by Gasteiger charge is 2.24. The van der Waals surface area contributed by atoms with Crippen molar-refractivity contribution in [3.63, 3.8) is 0 Å². The highest BCUT2D eigenvalue weighted by Crippen LogP contribution is 2.14. The molecule has 14 heavy (non-hydrogen) atoms. The zero-order chi connectivity index (χ0) is 9.80. The molecule has 1 aromatic rings. The average molecular weight is 194 g/mol. The first-order chi connectivity index (χ1) is 6.92. The molecule has 1 saturated heterocycles. The number of hydrogen-bond donors (Lipinski definition) is 4. The fourth-order valence-electron chi connectivity index (χ4n) is 1.63. The molecule has 1 aromatic heterocycles. The molecule has 1 aliphatic rings. The number of likely N-dealkylation sites (N-methyl/N-ethyl adjacent to an activating group) is 1. The second kappa shape index (κ2) is 4.43. The van der Waals surface area contributed by atoms with Crippen molar-refractivity contribution in [3.05, 3.63) is 24.3 Å². The summed E-state index contributed by atoms with van der Waals surface area (Å²) in [6.07, 6.45) is 5.19. The SMILES string of the molecule is CNC(c1cncnc1)C1CNNN1. The Labute approximate surface area is 82.5 Å². The monoisotopic (exact) mass is 194 g/mol. The summed E-state index contributed by atoms with van der Waals surface area (Å²) in [5.41, 5.74) is 10.1. The summed E-state index contributed by atoms with van der Waals surface area (Å²) in [5, 5.41) is 3.24. The maximum Gasteiger partial charge on any atom is 0.115 e. The summed E-state index contributed by atoms with van der Waals surface area (Å²) < 4.78 is 0. The Morgan fingerprint density at radius 3 is 2.86 bits per heavy atom. The summed E-state index contributed by atoms with van der Waals surface area (Å²) >= 11 is 0. The van der Waals surface area contributed by atoms with Gasteiger partial charge in [-0.1, -0.05) is 0 Å². The third-order valence-corrected chi connectivity index (χ3v) is 2.32. The minimum atomic E-state index is 0.207. The van der Waals surface area contributed by atoms with Crippen molar-refractivity contribution in [1.29, 1.82) is 0 Å². The van der Waals surface area contributed by atoms with E-state index in [4.69, 9.17) is 0 Å². The standard InChI is InChI=1S/C8H14N6/c1-9-8(7-4-12-14-13-7)6-2-10-5-11-3-6/h2-3,5,7-9,12-14H,4H2,1H3. The maximum atomic E-state index is 4.01. The zero-order valence-corrected chi connectivity index (χ0v) is 7.99. The lowest BCUT2D eigenvalue weighted by molar-refractivity contribution is 0.431. The molecular formula is C8H14N6. The van der Waals surface area contributed by atoms with Gasteiger partial charge in [-0.2, -0.15) is 5.53 Å². The topological polar surface area (TPSA) is 73.9 Å². The van der Waals surface area contributed by atoms with Crippen molar-refractivity contribution in [3.8, 4) is 0 Å². The van der Waals surface area contributed by atoms with E-state index in [9.17, 15) is 0 Å². The van der Waals surface area contributed by atoms with Crippen LogP contribution in [0.1, 0.15) is 11.6 Å². The lowest BCUT2D eigenvalue weighted by Gasteiger charge is -2.21. The van der Waals surface area contributed by atoms with Gasteiger partial charge in [-0.3, -0.25) is 0 Å². The maximum absolute atomic E-state index is 4.01. The van der Waals surface area contributed by atoms with Gasteiger partial charge in [0.2, 0.25) is 0 Å². The second-order valence-electron chi connectivity index (χ2n) is 3.19. The number of rotatable bonds is 3. The van der Waals surface area contributed by atoms with Gasteiger partial charge in [-0.05, 0) is 7.05 Å². The third kappa shape index (κ3) is 1.88. The fourth-order valence-corrected chi connectivity index (χ4v) is 1.63. The Kier molecular flexibility index (Phi) is 3.00. The predicted octanol–water partition coefficient (Wildman–Crippen LogP) is -1.28. The summed E-state index contributed by atoms with van der Waals surface area (Å²) in [4.78, 5) is 8.01. The minimum Gasteiger partial charge on any atom is -0.312 e. The van der Waals surface area contributed by atoms with Gasteiger partial charge in [0.1, 0.15) is 6.33 Å². The average Bonchev–Trinajstić information content (AvgIpc) is 2.74. The summed E-state index contributed by atoms with van der Waals surface area (Å²) in [6, 6.07) is 0.504. The first-order valence-electron chi connectivity index (χ1n) is 4.57. The number of nitrogens with zero attached hydrogens (tertiary/aromatic N) is 2. The van der Waals surface area contributed by atoms with Crippen LogP contribution < -0.4 is 21.7 Å². The third-order valence-electron chi connectivity index (χ3n) is 2.32. The molecule has 0 radical (unpaired) electrons. The van der Waals surface area contributed by atoms with E-state index in [0.717, 1.165) is 12.1 Å². The summed E-state index contributed by atoms with van der Waals surface area (Å²) in [6.45, 7) is 0.862. The number of hydrogen-bond acceptors (Lipinski definition) is 6. The summed E-state index contributed by atoms with van der Waals surface area (Å²) in [7, 11) is 1.93. The molecule has 0 bridgehead atoms. The van der Waals surface area contributed by atoms with E-state index >= 15 is 0 Å². The molecule has 6 heteroatoms. The Hall–Kier alpha value is -1.08. The van der Waals surface area contributed by atoms with Crippen LogP contribution in [0, 0.1) is 0 Å².